The van der Waals surface area contributed by atoms with Crippen LogP contribution < -0.4 is 15.6 Å². The molecule has 0 saturated carbocycles. The number of benzene rings is 3. The molecule has 5 rings (SSSR count). The molecule has 1 aliphatic rings. The van der Waals surface area contributed by atoms with E-state index in [9.17, 15) is 29.7 Å². The lowest BCUT2D eigenvalue weighted by Gasteiger charge is -2.47. The highest BCUT2D eigenvalue weighted by Gasteiger charge is 2.52. The predicted molar refractivity (Wildman–Crippen MR) is 171 cm³/mol. The number of unbranched alkanes of at least 4 members (excludes halogenated alkanes) is 2. The summed E-state index contributed by atoms with van der Waals surface area (Å²) in [6, 6.07) is 22.9. The average Bonchev–Trinajstić information content (AvgIpc) is 3.02. The van der Waals surface area contributed by atoms with Crippen molar-refractivity contribution in [3.8, 4) is 11.5 Å². The van der Waals surface area contributed by atoms with Crippen LogP contribution in [0, 0.1) is 0 Å². The minimum absolute atomic E-state index is 0.0325. The van der Waals surface area contributed by atoms with E-state index >= 15 is 0 Å². The number of aromatic nitrogens is 1. The molecule has 0 aliphatic carbocycles. The number of hydrogen-bond acceptors (Lipinski definition) is 7. The van der Waals surface area contributed by atoms with Gasteiger partial charge in [0, 0.05) is 37.5 Å². The summed E-state index contributed by atoms with van der Waals surface area (Å²) in [5.41, 5.74) is 1.37. The molecule has 2 heterocycles. The second-order valence-corrected chi connectivity index (χ2v) is 11.6. The number of aromatic hydroxyl groups is 1. The molecular formula is C35H39N3O7. The van der Waals surface area contributed by atoms with Crippen LogP contribution in [0.25, 0.3) is 10.9 Å². The van der Waals surface area contributed by atoms with E-state index in [4.69, 9.17) is 4.74 Å². The molecule has 1 unspecified atom stereocenters. The molecule has 1 amide bonds. The van der Waals surface area contributed by atoms with Crippen molar-refractivity contribution in [2.24, 2.45) is 0 Å². The van der Waals surface area contributed by atoms with Gasteiger partial charge in [-0.2, -0.15) is 0 Å². The highest BCUT2D eigenvalue weighted by atomic mass is 16.5. The van der Waals surface area contributed by atoms with Crippen LogP contribution in [-0.2, 0) is 21.4 Å². The van der Waals surface area contributed by atoms with E-state index in [2.05, 4.69) is 10.3 Å². The fraction of sp³-hybridized carbons (Fsp3) is 0.343. The van der Waals surface area contributed by atoms with Gasteiger partial charge in [0.2, 0.25) is 11.5 Å². The number of phenolic OH excluding ortho intramolecular Hbond substituents is 1. The monoisotopic (exact) mass is 613 g/mol. The van der Waals surface area contributed by atoms with Crippen LogP contribution in [0.2, 0.25) is 0 Å². The predicted octanol–water partition coefficient (Wildman–Crippen LogP) is 3.90. The van der Waals surface area contributed by atoms with Gasteiger partial charge in [-0.25, -0.2) is 0 Å². The van der Waals surface area contributed by atoms with Crippen molar-refractivity contribution >= 4 is 22.8 Å². The molecule has 5 N–H and O–H groups in total. The van der Waals surface area contributed by atoms with Crippen LogP contribution in [-0.4, -0.2) is 69.9 Å². The summed E-state index contributed by atoms with van der Waals surface area (Å²) < 4.78 is 5.86. The number of carbonyl (C=O) groups excluding carboxylic acids is 1. The third kappa shape index (κ3) is 7.53. The Morgan fingerprint density at radius 1 is 0.956 bits per heavy atom. The first kappa shape index (κ1) is 31.7. The zero-order valence-electron chi connectivity index (χ0n) is 25.1. The summed E-state index contributed by atoms with van der Waals surface area (Å²) in [5.74, 6) is -0.207. The molecule has 1 atom stereocenters. The van der Waals surface area contributed by atoms with Crippen LogP contribution >= 0.6 is 0 Å². The Balaban J connectivity index is 0.951. The summed E-state index contributed by atoms with van der Waals surface area (Å²) in [6.07, 6.45) is 2.87. The van der Waals surface area contributed by atoms with Crippen molar-refractivity contribution in [1.29, 1.82) is 0 Å². The fourth-order valence-electron chi connectivity index (χ4n) is 5.76. The minimum Gasteiger partial charge on any atom is -0.506 e. The van der Waals surface area contributed by atoms with Crippen molar-refractivity contribution in [2.45, 2.75) is 43.6 Å². The quantitative estimate of drug-likeness (QED) is 0.127. The second-order valence-electron chi connectivity index (χ2n) is 11.6. The Morgan fingerprint density at radius 2 is 1.71 bits per heavy atom. The lowest BCUT2D eigenvalue weighted by atomic mass is 9.73. The van der Waals surface area contributed by atoms with Gasteiger partial charge in [0.15, 0.2) is 0 Å². The summed E-state index contributed by atoms with van der Waals surface area (Å²) in [5, 5.41) is 34.4. The summed E-state index contributed by atoms with van der Waals surface area (Å²) >= 11 is 0. The molecule has 1 aliphatic heterocycles. The zero-order valence-corrected chi connectivity index (χ0v) is 25.1. The van der Waals surface area contributed by atoms with E-state index in [1.807, 2.05) is 42.5 Å². The van der Waals surface area contributed by atoms with Crippen molar-refractivity contribution in [3.05, 3.63) is 106 Å². The number of likely N-dealkylation sites (tertiary alicyclic amines) is 1. The Bertz CT molecular complexity index is 1660. The highest BCUT2D eigenvalue weighted by molar-refractivity contribution is 5.88. The maximum atomic E-state index is 12.7. The van der Waals surface area contributed by atoms with E-state index in [0.717, 1.165) is 42.7 Å². The first-order valence-electron chi connectivity index (χ1n) is 15.3. The van der Waals surface area contributed by atoms with E-state index in [0.29, 0.717) is 42.5 Å². The first-order valence-corrected chi connectivity index (χ1v) is 15.3. The number of nitrogens with zero attached hydrogens (tertiary/aromatic N) is 1. The van der Waals surface area contributed by atoms with Crippen molar-refractivity contribution < 1.29 is 29.6 Å². The number of nitrogens with one attached hydrogen (secondary N) is 2. The molecule has 4 aromatic rings. The normalized spacial score (nSPS) is 14.6. The molecule has 3 aromatic carbocycles. The van der Waals surface area contributed by atoms with Crippen LogP contribution in [0.4, 0.5) is 0 Å². The molecule has 1 fully saturated rings. The molecule has 10 nitrogen and oxygen atoms in total. The van der Waals surface area contributed by atoms with Crippen LogP contribution in [0.3, 0.4) is 0 Å². The molecular weight excluding hydrogens is 574 g/mol. The number of H-pyrrole nitrogens is 1. The van der Waals surface area contributed by atoms with E-state index in [1.54, 1.807) is 29.2 Å². The van der Waals surface area contributed by atoms with E-state index in [-0.39, 0.29) is 30.3 Å². The summed E-state index contributed by atoms with van der Waals surface area (Å²) in [4.78, 5) is 40.5. The number of aliphatic hydroxyl groups excluding tert-OH is 1. The SMILES string of the molecule is O=C(CCc1ccc(OCCCCCNCC(O)c2ccc(O)c3[nH]c(=O)ccc23)cc1)N1CC(C(=O)O)(c2ccccc2)C1. The molecule has 10 heteroatoms. The summed E-state index contributed by atoms with van der Waals surface area (Å²) in [7, 11) is 0. The molecule has 0 bridgehead atoms. The number of hydrogen-bond donors (Lipinski definition) is 5. The number of fused-ring (bicyclic) bond motifs is 1. The van der Waals surface area contributed by atoms with Gasteiger partial charge in [0.25, 0.3) is 0 Å². The van der Waals surface area contributed by atoms with Gasteiger partial charge in [0.1, 0.15) is 16.9 Å². The number of amides is 1. The van der Waals surface area contributed by atoms with Gasteiger partial charge in [-0.15, -0.1) is 0 Å². The number of carboxylic acids is 1. The lowest BCUT2D eigenvalue weighted by Crippen LogP contribution is -2.65. The Hall–Kier alpha value is -4.67. The fourth-order valence-corrected chi connectivity index (χ4v) is 5.76. The molecule has 236 valence electrons. The number of aliphatic carboxylic acids is 1. The third-order valence-electron chi connectivity index (χ3n) is 8.43. The summed E-state index contributed by atoms with van der Waals surface area (Å²) in [6.45, 7) is 2.05. The van der Waals surface area contributed by atoms with Crippen molar-refractivity contribution in [3.63, 3.8) is 0 Å². The maximum absolute atomic E-state index is 12.7. The van der Waals surface area contributed by atoms with Gasteiger partial charge in [-0.3, -0.25) is 14.4 Å². The molecule has 1 saturated heterocycles. The highest BCUT2D eigenvalue weighted by Crippen LogP contribution is 2.35. The number of carboxylic acid groups (broad SMARTS) is 1. The van der Waals surface area contributed by atoms with Gasteiger partial charge in [0.05, 0.1) is 18.2 Å². The molecule has 45 heavy (non-hydrogen) atoms. The maximum Gasteiger partial charge on any atom is 0.317 e. The number of rotatable bonds is 15. The number of phenols is 1. The largest absolute Gasteiger partial charge is 0.506 e. The van der Waals surface area contributed by atoms with Crippen LogP contribution in [0.1, 0.15) is 48.5 Å². The Morgan fingerprint density at radius 3 is 2.44 bits per heavy atom. The first-order chi connectivity index (χ1) is 21.8. The van der Waals surface area contributed by atoms with Crippen molar-refractivity contribution in [2.75, 3.05) is 32.8 Å². The van der Waals surface area contributed by atoms with Crippen LogP contribution in [0.5, 0.6) is 11.5 Å². The number of pyridine rings is 1. The standard InChI is InChI=1S/C35H39N3O7/c39-29-16-14-27(28-15-17-31(41)37-33(28)29)30(40)21-36-19-5-2-6-20-45-26-12-9-24(10-13-26)11-18-32(42)38-22-35(23-38,34(43)44)25-7-3-1-4-8-25/h1,3-4,7-10,12-17,30,36,39-40H,2,5-6,11,18-23H2,(H,37,41)(H,43,44). The Kier molecular flexibility index (Phi) is 10.2. The molecule has 0 radical (unpaired) electrons. The minimum atomic E-state index is -1.02. The van der Waals surface area contributed by atoms with E-state index < -0.39 is 17.5 Å². The van der Waals surface area contributed by atoms with Gasteiger partial charge < -0.3 is 35.3 Å². The second kappa shape index (κ2) is 14.4. The van der Waals surface area contributed by atoms with Gasteiger partial charge >= 0.3 is 5.97 Å². The van der Waals surface area contributed by atoms with E-state index in [1.165, 1.54) is 12.1 Å². The van der Waals surface area contributed by atoms with Gasteiger partial charge in [-0.1, -0.05) is 48.5 Å². The number of aliphatic hydroxyl groups is 1. The molecule has 1 aromatic heterocycles. The third-order valence-corrected chi connectivity index (χ3v) is 8.43. The van der Waals surface area contributed by atoms with Crippen molar-refractivity contribution in [1.82, 2.24) is 15.2 Å². The van der Waals surface area contributed by atoms with Crippen LogP contribution in [0.15, 0.2) is 83.7 Å². The Labute approximate surface area is 261 Å². The number of ether oxygens (including phenoxy) is 1. The average molecular weight is 614 g/mol. The number of aromatic amines is 1. The number of aryl methyl sites for hydroxylation is 1. The molecule has 0 spiro atoms. The zero-order chi connectivity index (χ0) is 31.8. The smallest absolute Gasteiger partial charge is 0.317 e. The topological polar surface area (TPSA) is 152 Å². The lowest BCUT2D eigenvalue weighted by molar-refractivity contribution is -0.156. The number of carbonyl (C=O) groups is 2. The van der Waals surface area contributed by atoms with Gasteiger partial charge in [-0.05, 0) is 73.2 Å².